The van der Waals surface area contributed by atoms with Crippen LogP contribution in [-0.4, -0.2) is 54.3 Å². The van der Waals surface area contributed by atoms with Crippen molar-refractivity contribution in [3.05, 3.63) is 83.4 Å². The van der Waals surface area contributed by atoms with E-state index in [0.29, 0.717) is 42.6 Å². The van der Waals surface area contributed by atoms with E-state index in [-0.39, 0.29) is 17.5 Å². The summed E-state index contributed by atoms with van der Waals surface area (Å²) >= 11 is 0. The first-order valence-electron chi connectivity index (χ1n) is 11.5. The number of amidine groups is 1. The standard InChI is InChI=1S/C27H24F3N3O3/c1-17-16-32(13-14-33(17)26(34)18-7-9-19(10-8-18)27(28,29)30)25-21-12-11-20(35-2)15-24(21)36-23-6-4-3-5-22(23)31-25/h3-12,15,17H,13-14,16H2,1-2H3. The molecule has 5 rings (SSSR count). The Kier molecular flexibility index (Phi) is 6.07. The molecule has 2 aliphatic rings. The van der Waals surface area contributed by atoms with Gasteiger partial charge in [-0.3, -0.25) is 4.79 Å². The molecular formula is C27H24F3N3O3. The maximum Gasteiger partial charge on any atom is 0.416 e. The minimum absolute atomic E-state index is 0.197. The maximum atomic E-state index is 13.1. The van der Waals surface area contributed by atoms with Crippen molar-refractivity contribution >= 4 is 17.4 Å². The largest absolute Gasteiger partial charge is 0.497 e. The van der Waals surface area contributed by atoms with Crippen LogP contribution in [0, 0.1) is 0 Å². The van der Waals surface area contributed by atoms with Crippen molar-refractivity contribution in [2.75, 3.05) is 26.7 Å². The number of benzene rings is 3. The van der Waals surface area contributed by atoms with Crippen LogP contribution < -0.4 is 9.47 Å². The van der Waals surface area contributed by atoms with Gasteiger partial charge in [-0.15, -0.1) is 0 Å². The Labute approximate surface area is 206 Å². The van der Waals surface area contributed by atoms with Crippen LogP contribution in [0.25, 0.3) is 0 Å². The number of amides is 1. The summed E-state index contributed by atoms with van der Waals surface area (Å²) in [5.41, 5.74) is 0.955. The first-order chi connectivity index (χ1) is 17.2. The number of hydrogen-bond donors (Lipinski definition) is 0. The molecule has 1 fully saturated rings. The number of carbonyl (C=O) groups is 1. The summed E-state index contributed by atoms with van der Waals surface area (Å²) in [4.78, 5) is 21.8. The van der Waals surface area contributed by atoms with Gasteiger partial charge in [0, 0.05) is 37.3 Å². The molecule has 186 valence electrons. The number of carbonyl (C=O) groups excluding carboxylic acids is 1. The molecule has 2 heterocycles. The van der Waals surface area contributed by atoms with Gasteiger partial charge in [-0.2, -0.15) is 13.2 Å². The first-order valence-corrected chi connectivity index (χ1v) is 11.5. The van der Waals surface area contributed by atoms with Crippen LogP contribution in [0.15, 0.2) is 71.7 Å². The number of aliphatic imine (C=N–C) groups is 1. The van der Waals surface area contributed by atoms with Crippen LogP contribution in [0.4, 0.5) is 18.9 Å². The fourth-order valence-corrected chi connectivity index (χ4v) is 4.49. The van der Waals surface area contributed by atoms with Gasteiger partial charge in [0.2, 0.25) is 0 Å². The van der Waals surface area contributed by atoms with Crippen molar-refractivity contribution in [2.45, 2.75) is 19.1 Å². The normalized spacial score (nSPS) is 17.4. The number of para-hydroxylation sites is 2. The third-order valence-corrected chi connectivity index (χ3v) is 6.39. The van der Waals surface area contributed by atoms with Gasteiger partial charge in [0.15, 0.2) is 5.75 Å². The monoisotopic (exact) mass is 495 g/mol. The highest BCUT2D eigenvalue weighted by Crippen LogP contribution is 2.39. The van der Waals surface area contributed by atoms with E-state index in [0.717, 1.165) is 23.5 Å². The van der Waals surface area contributed by atoms with E-state index in [4.69, 9.17) is 14.5 Å². The molecular weight excluding hydrogens is 471 g/mol. The zero-order chi connectivity index (χ0) is 25.4. The van der Waals surface area contributed by atoms with Crippen molar-refractivity contribution in [1.29, 1.82) is 0 Å². The lowest BCUT2D eigenvalue weighted by Gasteiger charge is -2.41. The van der Waals surface area contributed by atoms with Gasteiger partial charge in [0.25, 0.3) is 5.91 Å². The molecule has 3 aromatic carbocycles. The Morgan fingerprint density at radius 2 is 1.78 bits per heavy atom. The average molecular weight is 496 g/mol. The van der Waals surface area contributed by atoms with Crippen LogP contribution in [0.5, 0.6) is 17.2 Å². The molecule has 0 bridgehead atoms. The molecule has 3 aromatic rings. The van der Waals surface area contributed by atoms with Gasteiger partial charge < -0.3 is 19.3 Å². The van der Waals surface area contributed by atoms with Gasteiger partial charge in [0.1, 0.15) is 23.0 Å². The van der Waals surface area contributed by atoms with E-state index in [2.05, 4.69) is 4.90 Å². The number of hydrogen-bond acceptors (Lipinski definition) is 5. The maximum absolute atomic E-state index is 13.1. The number of piperazine rings is 1. The van der Waals surface area contributed by atoms with Gasteiger partial charge >= 0.3 is 6.18 Å². The van der Waals surface area contributed by atoms with Crippen LogP contribution in [0.1, 0.15) is 28.4 Å². The number of alkyl halides is 3. The summed E-state index contributed by atoms with van der Waals surface area (Å²) in [6.07, 6.45) is -4.44. The van der Waals surface area contributed by atoms with E-state index >= 15 is 0 Å². The predicted octanol–water partition coefficient (Wildman–Crippen LogP) is 5.74. The molecule has 0 saturated carbocycles. The lowest BCUT2D eigenvalue weighted by Crippen LogP contribution is -2.55. The molecule has 36 heavy (non-hydrogen) atoms. The highest BCUT2D eigenvalue weighted by molar-refractivity contribution is 6.04. The van der Waals surface area contributed by atoms with Gasteiger partial charge in [-0.25, -0.2) is 4.99 Å². The zero-order valence-corrected chi connectivity index (χ0v) is 19.7. The third kappa shape index (κ3) is 4.48. The lowest BCUT2D eigenvalue weighted by molar-refractivity contribution is -0.137. The number of rotatable bonds is 2. The molecule has 0 aliphatic carbocycles. The highest BCUT2D eigenvalue weighted by Gasteiger charge is 2.33. The number of ether oxygens (including phenoxy) is 2. The molecule has 6 nitrogen and oxygen atoms in total. The average Bonchev–Trinajstić information content (AvgIpc) is 3.04. The number of fused-ring (bicyclic) bond motifs is 2. The number of nitrogens with zero attached hydrogens (tertiary/aromatic N) is 3. The van der Waals surface area contributed by atoms with Crippen molar-refractivity contribution in [1.82, 2.24) is 9.80 Å². The Balaban J connectivity index is 1.40. The fourth-order valence-electron chi connectivity index (χ4n) is 4.49. The number of halogens is 3. The summed E-state index contributed by atoms with van der Waals surface area (Å²) in [7, 11) is 1.59. The predicted molar refractivity (Wildman–Crippen MR) is 129 cm³/mol. The smallest absolute Gasteiger partial charge is 0.416 e. The molecule has 9 heteroatoms. The minimum atomic E-state index is -4.44. The highest BCUT2D eigenvalue weighted by atomic mass is 19.4. The van der Waals surface area contributed by atoms with Crippen LogP contribution in [0.3, 0.4) is 0 Å². The molecule has 0 N–H and O–H groups in total. The zero-order valence-electron chi connectivity index (χ0n) is 19.7. The second-order valence-electron chi connectivity index (χ2n) is 8.74. The summed E-state index contributed by atoms with van der Waals surface area (Å²) in [6, 6.07) is 17.2. The third-order valence-electron chi connectivity index (χ3n) is 6.39. The number of methoxy groups -OCH3 is 1. The first kappa shape index (κ1) is 23.7. The SMILES string of the molecule is COc1ccc2c(c1)Oc1ccccc1N=C2N1CCN(C(=O)c2ccc(C(F)(F)F)cc2)C(C)C1. The molecule has 0 radical (unpaired) electrons. The van der Waals surface area contributed by atoms with Crippen LogP contribution >= 0.6 is 0 Å². The summed E-state index contributed by atoms with van der Waals surface area (Å²) in [5, 5.41) is 0. The van der Waals surface area contributed by atoms with E-state index in [1.807, 2.05) is 49.4 Å². The molecule has 0 aromatic heterocycles. The van der Waals surface area contributed by atoms with Crippen molar-refractivity contribution in [2.24, 2.45) is 4.99 Å². The Morgan fingerprint density at radius 3 is 2.47 bits per heavy atom. The van der Waals surface area contributed by atoms with Crippen molar-refractivity contribution in [3.8, 4) is 17.2 Å². The van der Waals surface area contributed by atoms with Crippen molar-refractivity contribution < 1.29 is 27.4 Å². The van der Waals surface area contributed by atoms with E-state index < -0.39 is 11.7 Å². The van der Waals surface area contributed by atoms with Gasteiger partial charge in [-0.05, 0) is 55.5 Å². The van der Waals surface area contributed by atoms with Crippen LogP contribution in [-0.2, 0) is 6.18 Å². The van der Waals surface area contributed by atoms with E-state index in [9.17, 15) is 18.0 Å². The molecule has 1 unspecified atom stereocenters. The second-order valence-corrected chi connectivity index (χ2v) is 8.74. The Hall–Kier alpha value is -4.01. The molecule has 1 saturated heterocycles. The molecule has 0 spiro atoms. The quantitative estimate of drug-likeness (QED) is 0.455. The summed E-state index contributed by atoms with van der Waals surface area (Å²) < 4.78 is 50.2. The fraction of sp³-hybridized carbons (Fsp3) is 0.259. The van der Waals surface area contributed by atoms with Gasteiger partial charge in [0.05, 0.1) is 18.2 Å². The lowest BCUT2D eigenvalue weighted by atomic mass is 10.1. The molecule has 2 aliphatic heterocycles. The van der Waals surface area contributed by atoms with Crippen molar-refractivity contribution in [3.63, 3.8) is 0 Å². The minimum Gasteiger partial charge on any atom is -0.497 e. The molecule has 1 atom stereocenters. The molecule has 1 amide bonds. The summed E-state index contributed by atoms with van der Waals surface area (Å²) in [5.74, 6) is 2.34. The van der Waals surface area contributed by atoms with E-state index in [1.165, 1.54) is 12.1 Å². The second kappa shape index (κ2) is 9.22. The Bertz CT molecular complexity index is 1320. The van der Waals surface area contributed by atoms with Crippen LogP contribution in [0.2, 0.25) is 0 Å². The topological polar surface area (TPSA) is 54.4 Å². The van der Waals surface area contributed by atoms with Gasteiger partial charge in [-0.1, -0.05) is 12.1 Å². The Morgan fingerprint density at radius 1 is 1.03 bits per heavy atom. The van der Waals surface area contributed by atoms with E-state index in [1.54, 1.807) is 12.0 Å². The summed E-state index contributed by atoms with van der Waals surface area (Å²) in [6.45, 7) is 3.32.